The van der Waals surface area contributed by atoms with E-state index < -0.39 is 50.9 Å². The van der Waals surface area contributed by atoms with Crippen LogP contribution in [0, 0.1) is 18.6 Å². The van der Waals surface area contributed by atoms with Gasteiger partial charge in [-0.2, -0.15) is 0 Å². The van der Waals surface area contributed by atoms with Crippen LogP contribution in [0.25, 0.3) is 76.8 Å². The number of aromatic nitrogens is 11. The Balaban J connectivity index is 0.000000137. The lowest BCUT2D eigenvalue weighted by Crippen LogP contribution is -2.15. The minimum absolute atomic E-state index is 0.117. The van der Waals surface area contributed by atoms with E-state index in [1.165, 1.54) is 48.3 Å². The average molecular weight is 1280 g/mol. The lowest BCUT2D eigenvalue weighted by atomic mass is 10.1. The van der Waals surface area contributed by atoms with Crippen molar-refractivity contribution >= 4 is 100 Å². The first kappa shape index (κ1) is 64.8. The van der Waals surface area contributed by atoms with Gasteiger partial charge in [0.2, 0.25) is 0 Å². The molecule has 0 saturated heterocycles. The lowest BCUT2D eigenvalue weighted by molar-refractivity contribution is 0.409. The Morgan fingerprint density at radius 1 is 0.451 bits per heavy atom. The summed E-state index contributed by atoms with van der Waals surface area (Å²) in [7, 11) is 3.13. The molecule has 25 nitrogen and oxygen atoms in total. The number of fused-ring (bicyclic) bond motifs is 7. The van der Waals surface area contributed by atoms with Crippen LogP contribution >= 0.6 is 23.2 Å². The molecule has 0 aliphatic carbocycles. The number of nitrogens with zero attached hydrogens (tertiary/aromatic N) is 5. The molecule has 0 aliphatic rings. The number of nitrogens with one attached hydrogen (secondary N) is 6. The molecule has 12 N–H and O–H groups in total. The van der Waals surface area contributed by atoms with Crippen molar-refractivity contribution in [2.45, 2.75) is 6.92 Å². The second kappa shape index (κ2) is 28.5. The number of halogens is 4. The standard InChI is InChI=1S/3C10H9NO2.C9H5ClFNO2.C8H4ClFN2O2.C8H6N2O2.C7H5N3O2/c1-13-9-6-7-4-2-3-5-8(7)11-10(9)12;1-11-8-5-3-2-4-7(8)6-9(12)10(11)13;1-6-7-4-2-3-5-8(7)11-10(13)9(6)12;10-8-4-3-7(13)9(14)12-6(4)2-1-5(8)11;9-6-3-1-5(13)8(14)12-7(3)11-2-4(6)10;11-7-4-6-5(10-8(7)12)2-1-3-9-6;11-5-3-4-6(10-7(5)12)9-2-1-8-4/h2-6H,1H3,(H,11,12);2-6,12H,1H3;2-5,12H,1H3,(H,11,13);1-3,13H,(H,12,14);1-2,13H,(H,11,12,14);1-4,11H,(H,10,12);1-3,11H,(H,9,10,12). The summed E-state index contributed by atoms with van der Waals surface area (Å²) in [6.07, 6.45) is 5.45. The zero-order valence-electron chi connectivity index (χ0n) is 47.2. The van der Waals surface area contributed by atoms with Crippen molar-refractivity contribution in [3.05, 3.63) is 258 Å². The summed E-state index contributed by atoms with van der Waals surface area (Å²) in [6, 6.07) is 36.4. The molecule has 4 aromatic carbocycles. The number of methoxy groups -OCH3 is 1. The fraction of sp³-hybridized carbons (Fsp3) is 0.0484. The van der Waals surface area contributed by atoms with Crippen LogP contribution in [0.1, 0.15) is 5.56 Å². The van der Waals surface area contributed by atoms with Crippen molar-refractivity contribution in [2.24, 2.45) is 7.05 Å². The molecule has 0 unspecified atom stereocenters. The number of aryl methyl sites for hydroxylation is 2. The Kier molecular flexibility index (Phi) is 20.3. The van der Waals surface area contributed by atoms with Crippen LogP contribution in [0.3, 0.4) is 0 Å². The van der Waals surface area contributed by atoms with Gasteiger partial charge in [-0.25, -0.2) is 18.7 Å². The van der Waals surface area contributed by atoms with Crippen LogP contribution in [0.15, 0.2) is 192 Å². The Labute approximate surface area is 515 Å². The van der Waals surface area contributed by atoms with Gasteiger partial charge in [-0.3, -0.25) is 43.5 Å². The van der Waals surface area contributed by atoms with Crippen molar-refractivity contribution in [2.75, 3.05) is 7.11 Å². The van der Waals surface area contributed by atoms with Crippen LogP contribution < -0.4 is 43.7 Å². The molecule has 10 aromatic heterocycles. The number of H-pyrrole nitrogens is 6. The van der Waals surface area contributed by atoms with Crippen LogP contribution in [0.5, 0.6) is 40.2 Å². The summed E-state index contributed by atoms with van der Waals surface area (Å²) < 4.78 is 32.2. The second-order valence-electron chi connectivity index (χ2n) is 18.8. The van der Waals surface area contributed by atoms with Crippen LogP contribution in [0.2, 0.25) is 10.0 Å². The second-order valence-corrected chi connectivity index (χ2v) is 19.6. The van der Waals surface area contributed by atoms with E-state index >= 15 is 0 Å². The smallest absolute Gasteiger partial charge is 0.292 e. The molecule has 0 bridgehead atoms. The van der Waals surface area contributed by atoms with Crippen molar-refractivity contribution in [3.8, 4) is 40.2 Å². The number of para-hydroxylation sites is 3. The largest absolute Gasteiger partial charge is 0.503 e. The van der Waals surface area contributed by atoms with E-state index in [1.54, 1.807) is 38.4 Å². The van der Waals surface area contributed by atoms with E-state index in [0.29, 0.717) is 39.0 Å². The highest BCUT2D eigenvalue weighted by atomic mass is 35.5. The van der Waals surface area contributed by atoms with Gasteiger partial charge >= 0.3 is 0 Å². The summed E-state index contributed by atoms with van der Waals surface area (Å²) in [5, 5.41) is 57.7. The number of aromatic hydroxyl groups is 6. The number of rotatable bonds is 1. The van der Waals surface area contributed by atoms with Gasteiger partial charge in [0.25, 0.3) is 38.9 Å². The number of hydrogen-bond donors (Lipinski definition) is 12. The van der Waals surface area contributed by atoms with Crippen LogP contribution in [-0.2, 0) is 7.05 Å². The number of pyridine rings is 9. The highest BCUT2D eigenvalue weighted by Gasteiger charge is 2.12. The molecule has 0 spiro atoms. The highest BCUT2D eigenvalue weighted by Crippen LogP contribution is 2.27. The first-order chi connectivity index (χ1) is 43.4. The van der Waals surface area contributed by atoms with Gasteiger partial charge < -0.3 is 69.8 Å². The highest BCUT2D eigenvalue weighted by molar-refractivity contribution is 6.35. The summed E-state index contributed by atoms with van der Waals surface area (Å²) in [6.45, 7) is 1.73. The third-order valence-electron chi connectivity index (χ3n) is 12.9. The monoisotopic (exact) mass is 1280 g/mol. The van der Waals surface area contributed by atoms with E-state index in [4.69, 9.17) is 48.4 Å². The number of ether oxygens (including phenoxy) is 1. The third kappa shape index (κ3) is 15.3. The summed E-state index contributed by atoms with van der Waals surface area (Å²) >= 11 is 11.2. The van der Waals surface area contributed by atoms with E-state index in [0.717, 1.165) is 57.1 Å². The van der Waals surface area contributed by atoms with E-state index in [2.05, 4.69) is 49.8 Å². The Hall–Kier alpha value is -12.2. The van der Waals surface area contributed by atoms with Gasteiger partial charge in [-0.05, 0) is 73.7 Å². The van der Waals surface area contributed by atoms with E-state index in [-0.39, 0.29) is 60.6 Å². The summed E-state index contributed by atoms with van der Waals surface area (Å²) in [4.78, 5) is 108. The molecule has 0 radical (unpaired) electrons. The van der Waals surface area contributed by atoms with Gasteiger partial charge in [-0.15, -0.1) is 0 Å². The molecular formula is C62H47Cl2F2N11O14. The molecule has 462 valence electrons. The van der Waals surface area contributed by atoms with Crippen molar-refractivity contribution in [1.29, 1.82) is 0 Å². The number of benzene rings is 4. The minimum atomic E-state index is -0.703. The summed E-state index contributed by atoms with van der Waals surface area (Å²) in [5.41, 5.74) is 2.26. The van der Waals surface area contributed by atoms with Gasteiger partial charge in [0.15, 0.2) is 51.7 Å². The molecule has 10 heterocycles. The third-order valence-corrected chi connectivity index (χ3v) is 13.7. The maximum Gasteiger partial charge on any atom is 0.292 e. The Morgan fingerprint density at radius 2 is 0.967 bits per heavy atom. The van der Waals surface area contributed by atoms with Crippen molar-refractivity contribution in [1.82, 2.24) is 54.4 Å². The van der Waals surface area contributed by atoms with Gasteiger partial charge in [0.1, 0.15) is 17.0 Å². The first-order valence-electron chi connectivity index (χ1n) is 26.1. The molecule has 29 heteroatoms. The van der Waals surface area contributed by atoms with Crippen molar-refractivity contribution < 1.29 is 44.2 Å². The minimum Gasteiger partial charge on any atom is -0.503 e. The van der Waals surface area contributed by atoms with Crippen molar-refractivity contribution in [3.63, 3.8) is 0 Å². The molecular weight excluding hydrogens is 1230 g/mol. The zero-order valence-corrected chi connectivity index (χ0v) is 48.7. The van der Waals surface area contributed by atoms with Crippen LogP contribution in [-0.4, -0.2) is 92.2 Å². The molecule has 14 rings (SSSR count). The predicted octanol–water partition coefficient (Wildman–Crippen LogP) is 8.42. The molecule has 0 fully saturated rings. The SMILES string of the molecule is COc1cc2ccccc2[nH]c1=O.Cc1c(O)c(=O)[nH]c2ccccc12.Cn1c(=O)c(O)cc2ccccc21.O=c1[nH]c2ccc(F)c(Cl)c2cc1O.O=c1[nH]c2cccnc2cc1O.O=c1[nH]c2ncc(F)c(Cl)c2cc1O.O=c1[nH]c2nccnc2cc1O. The molecule has 0 amide bonds. The van der Waals surface area contributed by atoms with E-state index in [9.17, 15) is 52.6 Å². The topological polar surface area (TPSA) is 401 Å². The maximum atomic E-state index is 13.0. The molecule has 0 saturated carbocycles. The first-order valence-corrected chi connectivity index (χ1v) is 26.9. The van der Waals surface area contributed by atoms with E-state index in [1.807, 2.05) is 72.8 Å². The lowest BCUT2D eigenvalue weighted by Gasteiger charge is -2.04. The van der Waals surface area contributed by atoms with Crippen LogP contribution in [0.4, 0.5) is 8.78 Å². The normalized spacial score (nSPS) is 10.5. The Morgan fingerprint density at radius 3 is 1.67 bits per heavy atom. The maximum absolute atomic E-state index is 13.0. The fourth-order valence-corrected chi connectivity index (χ4v) is 8.72. The van der Waals surface area contributed by atoms with Gasteiger partial charge in [-0.1, -0.05) is 77.8 Å². The molecule has 0 atom stereocenters. The van der Waals surface area contributed by atoms with Gasteiger partial charge in [0, 0.05) is 81.3 Å². The number of hydrogen-bond acceptors (Lipinski definition) is 18. The fourth-order valence-electron chi connectivity index (χ4n) is 8.31. The molecule has 14 aromatic rings. The quantitative estimate of drug-likeness (QED) is 0.0733. The summed E-state index contributed by atoms with van der Waals surface area (Å²) in [5.74, 6) is -3.00. The molecule has 0 aliphatic heterocycles. The number of aromatic amines is 6. The predicted molar refractivity (Wildman–Crippen MR) is 339 cm³/mol. The Bertz CT molecular complexity index is 5310. The average Bonchev–Trinajstić information content (AvgIpc) is 1.20. The zero-order chi connectivity index (χ0) is 65.8. The molecule has 91 heavy (non-hydrogen) atoms. The van der Waals surface area contributed by atoms with Gasteiger partial charge in [0.05, 0.1) is 45.4 Å².